The summed E-state index contributed by atoms with van der Waals surface area (Å²) in [6.07, 6.45) is 0. The van der Waals surface area contributed by atoms with E-state index in [0.29, 0.717) is 11.1 Å². The Labute approximate surface area is 148 Å². The van der Waals surface area contributed by atoms with E-state index < -0.39 is 16.1 Å². The zero-order chi connectivity index (χ0) is 18.9. The number of nitrogens with zero attached hydrogens (tertiary/aromatic N) is 3. The van der Waals surface area contributed by atoms with E-state index in [1.807, 2.05) is 6.07 Å². The average molecular weight is 373 g/mol. The van der Waals surface area contributed by atoms with Gasteiger partial charge in [-0.2, -0.15) is 0 Å². The topological polar surface area (TPSA) is 139 Å². The number of anilines is 1. The van der Waals surface area contributed by atoms with Crippen LogP contribution in [0.25, 0.3) is 10.9 Å². The maximum atomic E-state index is 11.9. The molecule has 0 aliphatic heterocycles. The predicted octanol–water partition coefficient (Wildman–Crippen LogP) is 2.85. The van der Waals surface area contributed by atoms with Crippen molar-refractivity contribution in [3.05, 3.63) is 48.5 Å². The number of urea groups is 1. The van der Waals surface area contributed by atoms with E-state index in [1.54, 1.807) is 25.2 Å². The Balaban J connectivity index is 1.80. The second-order valence-electron chi connectivity index (χ2n) is 5.45. The van der Waals surface area contributed by atoms with Crippen molar-refractivity contribution in [1.29, 1.82) is 0 Å². The quantitative estimate of drug-likeness (QED) is 0.607. The lowest BCUT2D eigenvalue weighted by Gasteiger charge is -2.02. The zero-order valence-corrected chi connectivity index (χ0v) is 14.4. The van der Waals surface area contributed by atoms with Crippen molar-refractivity contribution >= 4 is 38.3 Å². The van der Waals surface area contributed by atoms with Gasteiger partial charge in [0, 0.05) is 18.1 Å². The molecule has 0 spiro atoms. The largest absolute Gasteiger partial charge is 0.493 e. The van der Waals surface area contributed by atoms with Crippen LogP contribution in [0.2, 0.25) is 0 Å². The number of hydrogen-bond donors (Lipinski definition) is 3. The molecule has 10 heteroatoms. The minimum atomic E-state index is -3.80. The fourth-order valence-electron chi connectivity index (χ4n) is 2.43. The minimum Gasteiger partial charge on any atom is -0.493 e. The SMILES string of the molecule is Cn1c(O)c(N=NC(=O)Nc2ccc(S(N)(=O)=O)cc2)c2ccccc21. The highest BCUT2D eigenvalue weighted by atomic mass is 32.2. The number of fused-ring (bicyclic) bond motifs is 1. The Kier molecular flexibility index (Phi) is 4.45. The van der Waals surface area contributed by atoms with Gasteiger partial charge in [-0.25, -0.2) is 18.4 Å². The standard InChI is InChI=1S/C16H15N5O4S/c1-21-13-5-3-2-4-12(13)14(15(21)22)19-20-16(23)18-10-6-8-11(9-7-10)26(17,24)25/h2-9,22H,1H3,(H,18,23)(H2,17,24,25). The number of amides is 2. The molecule has 0 fully saturated rings. The summed E-state index contributed by atoms with van der Waals surface area (Å²) in [4.78, 5) is 11.8. The van der Waals surface area contributed by atoms with Crippen LogP contribution in [0.4, 0.5) is 16.2 Å². The molecule has 0 atom stereocenters. The fraction of sp³-hybridized carbons (Fsp3) is 0.0625. The Morgan fingerprint density at radius 2 is 1.81 bits per heavy atom. The van der Waals surface area contributed by atoms with Crippen LogP contribution < -0.4 is 10.5 Å². The maximum absolute atomic E-state index is 11.9. The van der Waals surface area contributed by atoms with Crippen molar-refractivity contribution in [3.8, 4) is 5.88 Å². The first-order chi connectivity index (χ1) is 12.3. The zero-order valence-electron chi connectivity index (χ0n) is 13.6. The van der Waals surface area contributed by atoms with Crippen LogP contribution in [0, 0.1) is 0 Å². The number of carbonyl (C=O) groups is 1. The lowest BCUT2D eigenvalue weighted by Crippen LogP contribution is -2.12. The Hall–Kier alpha value is -3.24. The number of nitrogens with one attached hydrogen (secondary N) is 1. The van der Waals surface area contributed by atoms with Gasteiger partial charge in [0.25, 0.3) is 0 Å². The molecule has 0 aliphatic rings. The number of aryl methyl sites for hydroxylation is 1. The average Bonchev–Trinajstić information content (AvgIpc) is 2.84. The molecular formula is C16H15N5O4S. The number of carbonyl (C=O) groups excluding carboxylic acids is 1. The maximum Gasteiger partial charge on any atom is 0.364 e. The van der Waals surface area contributed by atoms with Crippen LogP contribution in [-0.4, -0.2) is 24.1 Å². The van der Waals surface area contributed by atoms with Gasteiger partial charge >= 0.3 is 6.03 Å². The summed E-state index contributed by atoms with van der Waals surface area (Å²) < 4.78 is 23.9. The minimum absolute atomic E-state index is 0.0715. The molecule has 1 heterocycles. The highest BCUT2D eigenvalue weighted by Crippen LogP contribution is 2.37. The third-order valence-electron chi connectivity index (χ3n) is 3.72. The van der Waals surface area contributed by atoms with E-state index in [9.17, 15) is 18.3 Å². The van der Waals surface area contributed by atoms with Gasteiger partial charge in [0.1, 0.15) is 0 Å². The molecule has 0 saturated heterocycles. The van der Waals surface area contributed by atoms with Crippen LogP contribution in [0.15, 0.2) is 63.7 Å². The summed E-state index contributed by atoms with van der Waals surface area (Å²) in [5, 5.41) is 25.6. The number of hydrogen-bond acceptors (Lipinski definition) is 5. The molecule has 0 aliphatic carbocycles. The third-order valence-corrected chi connectivity index (χ3v) is 4.65. The molecule has 2 aromatic carbocycles. The molecule has 0 bridgehead atoms. The number of sulfonamides is 1. The first-order valence-corrected chi connectivity index (χ1v) is 8.94. The fourth-order valence-corrected chi connectivity index (χ4v) is 2.95. The van der Waals surface area contributed by atoms with Crippen molar-refractivity contribution in [2.75, 3.05) is 5.32 Å². The van der Waals surface area contributed by atoms with Gasteiger partial charge in [-0.1, -0.05) is 23.3 Å². The van der Waals surface area contributed by atoms with E-state index in [2.05, 4.69) is 15.5 Å². The summed E-state index contributed by atoms with van der Waals surface area (Å²) in [5.74, 6) is -0.111. The van der Waals surface area contributed by atoms with Gasteiger partial charge in [-0.05, 0) is 30.3 Å². The first kappa shape index (κ1) is 17.6. The summed E-state index contributed by atoms with van der Waals surface area (Å²) >= 11 is 0. The van der Waals surface area contributed by atoms with Crippen LogP contribution in [0.3, 0.4) is 0 Å². The van der Waals surface area contributed by atoms with Gasteiger partial charge < -0.3 is 15.0 Å². The number of benzene rings is 2. The van der Waals surface area contributed by atoms with Crippen molar-refractivity contribution in [2.45, 2.75) is 4.90 Å². The lowest BCUT2D eigenvalue weighted by molar-refractivity contribution is 0.258. The van der Waals surface area contributed by atoms with Crippen LogP contribution in [0.1, 0.15) is 0 Å². The molecule has 3 rings (SSSR count). The monoisotopic (exact) mass is 373 g/mol. The van der Waals surface area contributed by atoms with Gasteiger partial charge in [-0.15, -0.1) is 5.11 Å². The molecule has 4 N–H and O–H groups in total. The summed E-state index contributed by atoms with van der Waals surface area (Å²) in [7, 11) is -2.13. The second-order valence-corrected chi connectivity index (χ2v) is 7.01. The number of primary sulfonamides is 1. The summed E-state index contributed by atoms with van der Waals surface area (Å²) in [5.41, 5.74) is 1.25. The first-order valence-electron chi connectivity index (χ1n) is 7.39. The molecule has 3 aromatic rings. The van der Waals surface area contributed by atoms with E-state index in [1.165, 1.54) is 28.8 Å². The predicted molar refractivity (Wildman–Crippen MR) is 95.9 cm³/mol. The molecule has 26 heavy (non-hydrogen) atoms. The molecule has 0 unspecified atom stereocenters. The van der Waals surface area contributed by atoms with Gasteiger partial charge in [0.15, 0.2) is 5.69 Å². The number of rotatable bonds is 3. The molecule has 9 nitrogen and oxygen atoms in total. The molecule has 134 valence electrons. The molecular weight excluding hydrogens is 358 g/mol. The van der Waals surface area contributed by atoms with E-state index in [-0.39, 0.29) is 16.5 Å². The highest BCUT2D eigenvalue weighted by molar-refractivity contribution is 7.89. The van der Waals surface area contributed by atoms with Gasteiger partial charge in [-0.3, -0.25) is 0 Å². The van der Waals surface area contributed by atoms with Crippen LogP contribution in [-0.2, 0) is 17.1 Å². The summed E-state index contributed by atoms with van der Waals surface area (Å²) in [6.45, 7) is 0. The van der Waals surface area contributed by atoms with Gasteiger partial charge in [0.05, 0.1) is 10.4 Å². The van der Waals surface area contributed by atoms with Gasteiger partial charge in [0.2, 0.25) is 15.9 Å². The molecule has 2 amide bonds. The van der Waals surface area contributed by atoms with Crippen LogP contribution >= 0.6 is 0 Å². The van der Waals surface area contributed by atoms with Crippen LogP contribution in [0.5, 0.6) is 5.88 Å². The molecule has 0 radical (unpaired) electrons. The number of para-hydroxylation sites is 1. The number of nitrogens with two attached hydrogens (primary N) is 1. The summed E-state index contributed by atoms with van der Waals surface area (Å²) in [6, 6.07) is 11.7. The van der Waals surface area contributed by atoms with Crippen molar-refractivity contribution in [2.24, 2.45) is 22.4 Å². The normalized spacial score (nSPS) is 11.9. The highest BCUT2D eigenvalue weighted by Gasteiger charge is 2.14. The third kappa shape index (κ3) is 3.41. The number of aromatic nitrogens is 1. The second kappa shape index (κ2) is 6.58. The van der Waals surface area contributed by atoms with E-state index in [4.69, 9.17) is 5.14 Å². The molecule has 1 aromatic heterocycles. The Morgan fingerprint density at radius 3 is 2.46 bits per heavy atom. The van der Waals surface area contributed by atoms with Crippen molar-refractivity contribution < 1.29 is 18.3 Å². The molecule has 0 saturated carbocycles. The number of azo groups is 1. The smallest absolute Gasteiger partial charge is 0.364 e. The Bertz CT molecular complexity index is 1120. The number of aromatic hydroxyl groups is 1. The van der Waals surface area contributed by atoms with Crippen molar-refractivity contribution in [1.82, 2.24) is 4.57 Å². The van der Waals surface area contributed by atoms with Crippen molar-refractivity contribution in [3.63, 3.8) is 0 Å². The van der Waals surface area contributed by atoms with E-state index in [0.717, 1.165) is 5.52 Å². The van der Waals surface area contributed by atoms with E-state index >= 15 is 0 Å². The Morgan fingerprint density at radius 1 is 1.15 bits per heavy atom. The lowest BCUT2D eigenvalue weighted by atomic mass is 10.2.